The van der Waals surface area contributed by atoms with Crippen LogP contribution in [0.3, 0.4) is 0 Å². The Morgan fingerprint density at radius 1 is 1.12 bits per heavy atom. The molecule has 1 aliphatic rings. The van der Waals surface area contributed by atoms with Gasteiger partial charge in [0.05, 0.1) is 22.8 Å². The largest absolute Gasteiger partial charge is 0.507 e. The predicted octanol–water partition coefficient (Wildman–Crippen LogP) is 3.60. The Labute approximate surface area is 191 Å². The molecule has 0 saturated heterocycles. The number of phenols is 2. The number of rotatable bonds is 8. The maximum atomic E-state index is 13.4. The summed E-state index contributed by atoms with van der Waals surface area (Å²) in [6, 6.07) is 8.65. The van der Waals surface area contributed by atoms with E-state index in [9.17, 15) is 19.8 Å². The summed E-state index contributed by atoms with van der Waals surface area (Å²) in [5, 5.41) is 27.6. The summed E-state index contributed by atoms with van der Waals surface area (Å²) in [6.07, 6.45) is 3.33. The number of aliphatic imine (C=N–C) groups is 1. The third kappa shape index (κ3) is 5.45. The Kier molecular flexibility index (Phi) is 7.15. The van der Waals surface area contributed by atoms with E-state index < -0.39 is 11.7 Å². The summed E-state index contributed by atoms with van der Waals surface area (Å²) in [5.74, 6) is -1.01. The molecule has 0 unspecified atom stereocenters. The number of halogens is 1. The van der Waals surface area contributed by atoms with Crippen molar-refractivity contribution in [2.45, 2.75) is 12.8 Å². The monoisotopic (exact) mass is 456 g/mol. The van der Waals surface area contributed by atoms with Gasteiger partial charge in [0.15, 0.2) is 0 Å². The van der Waals surface area contributed by atoms with E-state index in [1.807, 2.05) is 0 Å². The smallest absolute Gasteiger partial charge is 0.262 e. The zero-order valence-electron chi connectivity index (χ0n) is 17.9. The van der Waals surface area contributed by atoms with E-state index in [2.05, 4.69) is 4.99 Å². The number of carbonyl (C=O) groups excluding carboxylic acids is 2. The minimum Gasteiger partial charge on any atom is -0.507 e. The first-order valence-electron chi connectivity index (χ1n) is 10.1. The van der Waals surface area contributed by atoms with Gasteiger partial charge in [-0.05, 0) is 49.1 Å². The van der Waals surface area contributed by atoms with Gasteiger partial charge in [0, 0.05) is 44.2 Å². The van der Waals surface area contributed by atoms with Gasteiger partial charge in [-0.2, -0.15) is 0 Å². The molecule has 1 aliphatic carbocycles. The number of hydrogen-bond acceptors (Lipinski definition) is 6. The second-order valence-electron chi connectivity index (χ2n) is 7.88. The highest BCUT2D eigenvalue weighted by atomic mass is 35.5. The number of phenolic OH excluding ortho intramolecular Hbond substituents is 2. The fraction of sp³-hybridized carbons (Fsp3) is 0.304. The number of benzene rings is 2. The SMILES string of the molecule is CN(C)C(=O)c1ccc(N(CC(C=N)=NCC2CC2)C(=O)c2cc(Cl)c(O)cc2O)cc1. The Morgan fingerprint density at radius 2 is 1.78 bits per heavy atom. The molecule has 2 amide bonds. The lowest BCUT2D eigenvalue weighted by molar-refractivity contribution is 0.0827. The van der Waals surface area contributed by atoms with Crippen molar-refractivity contribution in [3.63, 3.8) is 0 Å². The molecule has 168 valence electrons. The van der Waals surface area contributed by atoms with Gasteiger partial charge in [0.25, 0.3) is 11.8 Å². The Morgan fingerprint density at radius 3 is 2.34 bits per heavy atom. The van der Waals surface area contributed by atoms with Crippen molar-refractivity contribution in [3.05, 3.63) is 52.5 Å². The van der Waals surface area contributed by atoms with E-state index in [0.29, 0.717) is 29.4 Å². The fourth-order valence-corrected chi connectivity index (χ4v) is 3.20. The molecular weight excluding hydrogens is 432 g/mol. The lowest BCUT2D eigenvalue weighted by Gasteiger charge is -2.24. The first-order chi connectivity index (χ1) is 15.2. The highest BCUT2D eigenvalue weighted by molar-refractivity contribution is 6.33. The normalized spacial score (nSPS) is 13.5. The molecule has 0 heterocycles. The van der Waals surface area contributed by atoms with Gasteiger partial charge in [-0.1, -0.05) is 11.6 Å². The van der Waals surface area contributed by atoms with Crippen LogP contribution >= 0.6 is 11.6 Å². The maximum Gasteiger partial charge on any atom is 0.262 e. The van der Waals surface area contributed by atoms with Crippen molar-refractivity contribution in [3.8, 4) is 11.5 Å². The van der Waals surface area contributed by atoms with Gasteiger partial charge in [0.1, 0.15) is 11.5 Å². The molecule has 0 aromatic heterocycles. The summed E-state index contributed by atoms with van der Waals surface area (Å²) in [6.45, 7) is 0.591. The summed E-state index contributed by atoms with van der Waals surface area (Å²) in [4.78, 5) is 32.8. The van der Waals surface area contributed by atoms with Crippen LogP contribution in [0.4, 0.5) is 5.69 Å². The molecule has 0 atom stereocenters. The summed E-state index contributed by atoms with van der Waals surface area (Å²) < 4.78 is 0. The third-order valence-electron chi connectivity index (χ3n) is 5.11. The molecule has 0 radical (unpaired) electrons. The maximum absolute atomic E-state index is 13.4. The average molecular weight is 457 g/mol. The Balaban J connectivity index is 1.98. The molecule has 3 rings (SSSR count). The van der Waals surface area contributed by atoms with Crippen LogP contribution in [-0.2, 0) is 0 Å². The van der Waals surface area contributed by atoms with E-state index >= 15 is 0 Å². The highest BCUT2D eigenvalue weighted by Crippen LogP contribution is 2.33. The first-order valence-corrected chi connectivity index (χ1v) is 10.5. The summed E-state index contributed by atoms with van der Waals surface area (Å²) in [5.41, 5.74) is 1.21. The quantitative estimate of drug-likeness (QED) is 0.526. The zero-order valence-corrected chi connectivity index (χ0v) is 18.6. The van der Waals surface area contributed by atoms with Gasteiger partial charge in [-0.3, -0.25) is 14.6 Å². The van der Waals surface area contributed by atoms with Gasteiger partial charge >= 0.3 is 0 Å². The number of carbonyl (C=O) groups is 2. The van der Waals surface area contributed by atoms with Gasteiger partial charge < -0.3 is 25.4 Å². The molecule has 3 N–H and O–H groups in total. The van der Waals surface area contributed by atoms with Crippen molar-refractivity contribution in [2.75, 3.05) is 32.1 Å². The van der Waals surface area contributed by atoms with Crippen LogP contribution in [0.15, 0.2) is 41.4 Å². The van der Waals surface area contributed by atoms with Crippen LogP contribution in [0, 0.1) is 11.3 Å². The fourth-order valence-electron chi connectivity index (χ4n) is 3.04. The minimum absolute atomic E-state index is 0.00599. The standard InChI is InChI=1S/C23H25ClN4O4/c1-27(2)22(31)15-5-7-17(8-6-15)28(13-16(11-25)26-12-14-3-4-14)23(32)18-9-19(24)21(30)10-20(18)29/h5-11,14,25,29-30H,3-4,12-13H2,1-2H3. The molecule has 9 heteroatoms. The molecule has 2 aromatic rings. The van der Waals surface area contributed by atoms with Crippen LogP contribution in [0.25, 0.3) is 0 Å². The van der Waals surface area contributed by atoms with Gasteiger partial charge in [-0.25, -0.2) is 0 Å². The van der Waals surface area contributed by atoms with E-state index in [1.54, 1.807) is 38.4 Å². The lowest BCUT2D eigenvalue weighted by Crippen LogP contribution is -2.36. The number of nitrogens with one attached hydrogen (secondary N) is 1. The first kappa shape index (κ1) is 23.3. The second kappa shape index (κ2) is 9.82. The lowest BCUT2D eigenvalue weighted by atomic mass is 10.1. The van der Waals surface area contributed by atoms with Gasteiger partial charge in [-0.15, -0.1) is 0 Å². The topological polar surface area (TPSA) is 117 Å². The highest BCUT2D eigenvalue weighted by Gasteiger charge is 2.25. The molecule has 0 aliphatic heterocycles. The van der Waals surface area contributed by atoms with Gasteiger partial charge in [0.2, 0.25) is 0 Å². The van der Waals surface area contributed by atoms with E-state index in [-0.39, 0.29) is 28.8 Å². The van der Waals surface area contributed by atoms with E-state index in [0.717, 1.165) is 25.1 Å². The molecule has 32 heavy (non-hydrogen) atoms. The molecule has 2 aromatic carbocycles. The second-order valence-corrected chi connectivity index (χ2v) is 8.29. The molecule has 1 saturated carbocycles. The molecule has 0 spiro atoms. The third-order valence-corrected chi connectivity index (χ3v) is 5.41. The number of amides is 2. The van der Waals surface area contributed by atoms with Crippen molar-refractivity contribution in [2.24, 2.45) is 10.9 Å². The number of hydrogen-bond donors (Lipinski definition) is 3. The Bertz CT molecular complexity index is 1060. The van der Waals surface area contributed by atoms with Crippen LogP contribution in [0.2, 0.25) is 5.02 Å². The van der Waals surface area contributed by atoms with Crippen LogP contribution in [0.5, 0.6) is 11.5 Å². The number of anilines is 1. The summed E-state index contributed by atoms with van der Waals surface area (Å²) >= 11 is 5.96. The predicted molar refractivity (Wildman–Crippen MR) is 125 cm³/mol. The van der Waals surface area contributed by atoms with E-state index in [1.165, 1.54) is 15.9 Å². The Hall–Kier alpha value is -3.39. The summed E-state index contributed by atoms with van der Waals surface area (Å²) in [7, 11) is 3.30. The van der Waals surface area contributed by atoms with Crippen LogP contribution in [0.1, 0.15) is 33.6 Å². The molecular formula is C23H25ClN4O4. The number of aromatic hydroxyl groups is 2. The molecule has 1 fully saturated rings. The van der Waals surface area contributed by atoms with Crippen molar-refractivity contribution in [1.82, 2.24) is 4.90 Å². The average Bonchev–Trinajstić information content (AvgIpc) is 3.60. The van der Waals surface area contributed by atoms with Crippen LogP contribution in [-0.4, -0.2) is 66.0 Å². The molecule has 0 bridgehead atoms. The van der Waals surface area contributed by atoms with Crippen molar-refractivity contribution < 1.29 is 19.8 Å². The minimum atomic E-state index is -0.586. The van der Waals surface area contributed by atoms with E-state index in [4.69, 9.17) is 17.0 Å². The zero-order chi connectivity index (χ0) is 23.4. The van der Waals surface area contributed by atoms with Crippen molar-refractivity contribution >= 4 is 41.0 Å². The van der Waals surface area contributed by atoms with Crippen LogP contribution < -0.4 is 4.90 Å². The number of nitrogens with zero attached hydrogens (tertiary/aromatic N) is 3. The molecule has 8 nitrogen and oxygen atoms in total. The van der Waals surface area contributed by atoms with Crippen molar-refractivity contribution in [1.29, 1.82) is 5.41 Å².